The smallest absolute Gasteiger partial charge is 0.276 e. The van der Waals surface area contributed by atoms with Gasteiger partial charge in [0.1, 0.15) is 13.2 Å². The van der Waals surface area contributed by atoms with Gasteiger partial charge in [-0.3, -0.25) is 4.79 Å². The molecule has 0 aliphatic carbocycles. The molecule has 5 rings (SSSR count). The van der Waals surface area contributed by atoms with Gasteiger partial charge in [0.05, 0.1) is 11.4 Å². The topological polar surface area (TPSA) is 125 Å². The number of nitrogen functional groups attached to an aromatic ring is 1. The second-order valence-corrected chi connectivity index (χ2v) is 7.71. The van der Waals surface area contributed by atoms with Crippen molar-refractivity contribution in [1.82, 2.24) is 29.3 Å². The number of benzene rings is 1. The van der Waals surface area contributed by atoms with Crippen LogP contribution < -0.4 is 20.1 Å². The van der Waals surface area contributed by atoms with Crippen LogP contribution in [0.5, 0.6) is 11.5 Å². The summed E-state index contributed by atoms with van der Waals surface area (Å²) in [4.78, 5) is 21.1. The summed E-state index contributed by atoms with van der Waals surface area (Å²) in [5, 5.41) is 9.14. The maximum Gasteiger partial charge on any atom is 0.276 e. The summed E-state index contributed by atoms with van der Waals surface area (Å²) in [5.74, 6) is 1.51. The predicted octanol–water partition coefficient (Wildman–Crippen LogP) is 0.743. The number of ether oxygens (including phenoxy) is 2. The maximum absolute atomic E-state index is 13.0. The van der Waals surface area contributed by atoms with Crippen LogP contribution >= 0.6 is 11.5 Å². The van der Waals surface area contributed by atoms with E-state index in [-0.39, 0.29) is 11.9 Å². The van der Waals surface area contributed by atoms with Gasteiger partial charge in [0, 0.05) is 43.8 Å². The van der Waals surface area contributed by atoms with Gasteiger partial charge in [-0.2, -0.15) is 9.36 Å². The molecule has 12 heteroatoms. The monoisotopic (exact) mass is 428 g/mol. The summed E-state index contributed by atoms with van der Waals surface area (Å²) in [6, 6.07) is 5.55. The first-order valence-electron chi connectivity index (χ1n) is 9.56. The molecule has 2 aromatic heterocycles. The molecule has 0 saturated carbocycles. The first-order valence-corrected chi connectivity index (χ1v) is 10.3. The van der Waals surface area contributed by atoms with E-state index in [1.54, 1.807) is 9.58 Å². The molecule has 2 N–H and O–H groups in total. The fourth-order valence-corrected chi connectivity index (χ4v) is 4.19. The number of nitrogens with zero attached hydrogens (tertiary/aromatic N) is 7. The van der Waals surface area contributed by atoms with E-state index in [2.05, 4.69) is 24.6 Å². The van der Waals surface area contributed by atoms with Crippen molar-refractivity contribution in [3.05, 3.63) is 29.6 Å². The Kier molecular flexibility index (Phi) is 4.62. The van der Waals surface area contributed by atoms with E-state index in [9.17, 15) is 4.79 Å². The van der Waals surface area contributed by atoms with E-state index in [0.717, 1.165) is 10.8 Å². The minimum absolute atomic E-state index is 0.132. The highest BCUT2D eigenvalue weighted by molar-refractivity contribution is 7.09. The van der Waals surface area contributed by atoms with E-state index in [4.69, 9.17) is 15.2 Å². The van der Waals surface area contributed by atoms with Crippen LogP contribution in [0.25, 0.3) is 5.69 Å². The molecule has 11 nitrogen and oxygen atoms in total. The molecule has 0 unspecified atom stereocenters. The van der Waals surface area contributed by atoms with Crippen LogP contribution in [0.15, 0.2) is 18.2 Å². The Balaban J connectivity index is 1.31. The average molecular weight is 428 g/mol. The number of anilines is 2. The summed E-state index contributed by atoms with van der Waals surface area (Å²) >= 11 is 1.27. The van der Waals surface area contributed by atoms with Crippen molar-refractivity contribution in [2.45, 2.75) is 6.92 Å². The van der Waals surface area contributed by atoms with Gasteiger partial charge in [-0.25, -0.2) is 4.68 Å². The molecule has 0 radical (unpaired) electrons. The number of carbonyl (C=O) groups is 1. The van der Waals surface area contributed by atoms with Crippen LogP contribution in [-0.2, 0) is 0 Å². The lowest BCUT2D eigenvalue weighted by atomic mass is 10.2. The molecular formula is C18H20N8O3S. The molecule has 1 saturated heterocycles. The lowest BCUT2D eigenvalue weighted by molar-refractivity contribution is 0.0740. The van der Waals surface area contributed by atoms with E-state index in [0.29, 0.717) is 62.3 Å². The molecule has 2 aliphatic heterocycles. The summed E-state index contributed by atoms with van der Waals surface area (Å²) in [6.07, 6.45) is 0. The Morgan fingerprint density at radius 2 is 1.90 bits per heavy atom. The molecule has 4 heterocycles. The highest BCUT2D eigenvalue weighted by Crippen LogP contribution is 2.32. The normalized spacial score (nSPS) is 16.0. The van der Waals surface area contributed by atoms with Crippen molar-refractivity contribution >= 4 is 28.5 Å². The Labute approximate surface area is 176 Å². The summed E-state index contributed by atoms with van der Waals surface area (Å²) < 4.78 is 16.9. The number of amides is 1. The fraction of sp³-hybridized carbons (Fsp3) is 0.389. The number of piperazine rings is 1. The molecular weight excluding hydrogens is 408 g/mol. The third-order valence-electron chi connectivity index (χ3n) is 5.14. The van der Waals surface area contributed by atoms with Gasteiger partial charge < -0.3 is 25.0 Å². The van der Waals surface area contributed by atoms with Crippen molar-refractivity contribution in [3.8, 4) is 17.2 Å². The van der Waals surface area contributed by atoms with E-state index >= 15 is 0 Å². The molecule has 30 heavy (non-hydrogen) atoms. The molecule has 1 amide bonds. The number of rotatable bonds is 3. The highest BCUT2D eigenvalue weighted by atomic mass is 32.1. The SMILES string of the molecule is Cc1c(C(=O)N2CCN(c3nc(N)ns3)CC2)nnn1-c1ccc2c(c1)OCCO2. The minimum Gasteiger partial charge on any atom is -0.486 e. The summed E-state index contributed by atoms with van der Waals surface area (Å²) in [6.45, 7) is 5.33. The van der Waals surface area contributed by atoms with Gasteiger partial charge in [0.2, 0.25) is 11.1 Å². The highest BCUT2D eigenvalue weighted by Gasteiger charge is 2.28. The number of aromatic nitrogens is 5. The van der Waals surface area contributed by atoms with Crippen LogP contribution in [0.4, 0.5) is 11.1 Å². The van der Waals surface area contributed by atoms with Crippen molar-refractivity contribution in [3.63, 3.8) is 0 Å². The van der Waals surface area contributed by atoms with Gasteiger partial charge in [-0.05, 0) is 19.1 Å². The van der Waals surface area contributed by atoms with Crippen molar-refractivity contribution in [1.29, 1.82) is 0 Å². The lowest BCUT2D eigenvalue weighted by Crippen LogP contribution is -2.49. The summed E-state index contributed by atoms with van der Waals surface area (Å²) in [7, 11) is 0. The van der Waals surface area contributed by atoms with Crippen molar-refractivity contribution in [2.24, 2.45) is 0 Å². The minimum atomic E-state index is -0.132. The van der Waals surface area contributed by atoms with Gasteiger partial charge >= 0.3 is 0 Å². The van der Waals surface area contributed by atoms with Crippen molar-refractivity contribution < 1.29 is 14.3 Å². The van der Waals surface area contributed by atoms with Crippen LogP contribution in [0.3, 0.4) is 0 Å². The van der Waals surface area contributed by atoms with Crippen molar-refractivity contribution in [2.75, 3.05) is 50.0 Å². The van der Waals surface area contributed by atoms with Crippen LogP contribution in [0.1, 0.15) is 16.2 Å². The zero-order valence-corrected chi connectivity index (χ0v) is 17.1. The van der Waals surface area contributed by atoms with E-state index < -0.39 is 0 Å². The Morgan fingerprint density at radius 3 is 2.63 bits per heavy atom. The van der Waals surface area contributed by atoms with Gasteiger partial charge in [-0.15, -0.1) is 5.10 Å². The van der Waals surface area contributed by atoms with Gasteiger partial charge in [-0.1, -0.05) is 5.21 Å². The van der Waals surface area contributed by atoms with Gasteiger partial charge in [0.25, 0.3) is 5.91 Å². The largest absolute Gasteiger partial charge is 0.486 e. The second kappa shape index (κ2) is 7.44. The van der Waals surface area contributed by atoms with E-state index in [1.165, 1.54) is 11.5 Å². The van der Waals surface area contributed by atoms with Crippen LogP contribution in [0.2, 0.25) is 0 Å². The quantitative estimate of drug-likeness (QED) is 0.643. The molecule has 2 aliphatic rings. The first-order chi connectivity index (χ1) is 14.6. The molecule has 1 aromatic carbocycles. The molecule has 0 spiro atoms. The number of hydrogen-bond donors (Lipinski definition) is 1. The maximum atomic E-state index is 13.0. The molecule has 156 valence electrons. The van der Waals surface area contributed by atoms with Crippen LogP contribution in [-0.4, -0.2) is 74.6 Å². The number of carbonyl (C=O) groups excluding carboxylic acids is 1. The molecule has 3 aromatic rings. The van der Waals surface area contributed by atoms with E-state index in [1.807, 2.05) is 25.1 Å². The molecule has 0 bridgehead atoms. The zero-order chi connectivity index (χ0) is 20.7. The Bertz CT molecular complexity index is 1090. The Hall–Kier alpha value is -3.41. The first kappa shape index (κ1) is 18.6. The van der Waals surface area contributed by atoms with Gasteiger partial charge in [0.15, 0.2) is 17.2 Å². The fourth-order valence-electron chi connectivity index (χ4n) is 3.54. The zero-order valence-electron chi connectivity index (χ0n) is 16.3. The number of fused-ring (bicyclic) bond motifs is 1. The third kappa shape index (κ3) is 3.28. The standard InChI is InChI=1S/C18H20N8O3S/c1-11-15(16(27)24-4-6-25(7-5-24)18-20-17(19)22-30-18)21-23-26(11)12-2-3-13-14(10-12)29-9-8-28-13/h2-3,10H,4-9H2,1H3,(H2,19,22). The number of nitrogens with two attached hydrogens (primary N) is 1. The average Bonchev–Trinajstić information content (AvgIpc) is 3.38. The molecule has 0 atom stereocenters. The number of hydrogen-bond acceptors (Lipinski definition) is 10. The lowest BCUT2D eigenvalue weighted by Gasteiger charge is -2.33. The third-order valence-corrected chi connectivity index (χ3v) is 5.93. The predicted molar refractivity (Wildman–Crippen MR) is 110 cm³/mol. The summed E-state index contributed by atoms with van der Waals surface area (Å²) in [5.41, 5.74) is 7.39. The van der Waals surface area contributed by atoms with Crippen LogP contribution in [0, 0.1) is 6.92 Å². The Morgan fingerprint density at radius 1 is 1.13 bits per heavy atom. The second-order valence-electron chi connectivity index (χ2n) is 6.98. The molecule has 1 fully saturated rings.